The lowest BCUT2D eigenvalue weighted by Crippen LogP contribution is -2.34. The molecule has 8 heteroatoms. The Morgan fingerprint density at radius 3 is 2.84 bits per heavy atom. The highest BCUT2D eigenvalue weighted by atomic mass is 35.5. The molecule has 1 aliphatic rings. The van der Waals surface area contributed by atoms with E-state index in [4.69, 9.17) is 23.1 Å². The van der Waals surface area contributed by atoms with Crippen LogP contribution in [0.4, 0.5) is 5.82 Å². The topological polar surface area (TPSA) is 102 Å². The van der Waals surface area contributed by atoms with Crippen molar-refractivity contribution in [2.45, 2.75) is 18.2 Å². The average Bonchev–Trinajstić information content (AvgIpc) is 2.76. The van der Waals surface area contributed by atoms with Crippen LogP contribution >= 0.6 is 11.6 Å². The van der Waals surface area contributed by atoms with Crippen LogP contribution in [0, 0.1) is 5.41 Å². The molecule has 6 nitrogen and oxygen atoms in total. The van der Waals surface area contributed by atoms with Crippen LogP contribution in [0.5, 0.6) is 0 Å². The summed E-state index contributed by atoms with van der Waals surface area (Å²) in [6.45, 7) is 3.24. The Bertz CT molecular complexity index is 592. The SMILES string of the molecule is CC1(CN)CCN(S(=O)(=O)c2cc(Cl)cnc2N)C1. The zero-order valence-electron chi connectivity index (χ0n) is 10.6. The van der Waals surface area contributed by atoms with Crippen molar-refractivity contribution in [3.05, 3.63) is 17.3 Å². The zero-order valence-corrected chi connectivity index (χ0v) is 12.2. The summed E-state index contributed by atoms with van der Waals surface area (Å²) in [5.41, 5.74) is 11.1. The number of pyridine rings is 1. The van der Waals surface area contributed by atoms with Crippen LogP contribution < -0.4 is 11.5 Å². The first-order chi connectivity index (χ1) is 8.78. The molecule has 1 atom stereocenters. The zero-order chi connectivity index (χ0) is 14.3. The summed E-state index contributed by atoms with van der Waals surface area (Å²) >= 11 is 5.79. The van der Waals surface area contributed by atoms with Crippen molar-refractivity contribution < 1.29 is 8.42 Å². The Balaban J connectivity index is 2.36. The van der Waals surface area contributed by atoms with Gasteiger partial charge < -0.3 is 11.5 Å². The first kappa shape index (κ1) is 14.5. The first-order valence-corrected chi connectivity index (χ1v) is 7.71. The van der Waals surface area contributed by atoms with Crippen LogP contribution in [0.1, 0.15) is 13.3 Å². The van der Waals surface area contributed by atoms with Crippen molar-refractivity contribution in [2.75, 3.05) is 25.4 Å². The van der Waals surface area contributed by atoms with E-state index >= 15 is 0 Å². The molecule has 0 amide bonds. The monoisotopic (exact) mass is 304 g/mol. The summed E-state index contributed by atoms with van der Waals surface area (Å²) in [4.78, 5) is 3.75. The van der Waals surface area contributed by atoms with Gasteiger partial charge in [0.25, 0.3) is 0 Å². The number of hydrogen-bond donors (Lipinski definition) is 2. The number of aromatic nitrogens is 1. The molecule has 2 heterocycles. The first-order valence-electron chi connectivity index (χ1n) is 5.90. The number of rotatable bonds is 3. The Kier molecular flexibility index (Phi) is 3.74. The van der Waals surface area contributed by atoms with Crippen molar-refractivity contribution >= 4 is 27.4 Å². The molecule has 106 valence electrons. The van der Waals surface area contributed by atoms with Gasteiger partial charge in [0.05, 0.1) is 5.02 Å². The molecule has 1 aliphatic heterocycles. The predicted molar refractivity (Wildman–Crippen MR) is 74.2 cm³/mol. The van der Waals surface area contributed by atoms with E-state index in [0.717, 1.165) is 6.42 Å². The van der Waals surface area contributed by atoms with Crippen LogP contribution in [0.25, 0.3) is 0 Å². The maximum atomic E-state index is 12.5. The van der Waals surface area contributed by atoms with Crippen LogP contribution in [-0.4, -0.2) is 37.3 Å². The standard InChI is InChI=1S/C11H17ClN4O2S/c1-11(6-13)2-3-16(7-11)19(17,18)9-4-8(12)5-15-10(9)14/h4-5H,2-3,6-7,13H2,1H3,(H2,14,15). The number of nitrogens with zero attached hydrogens (tertiary/aromatic N) is 2. The van der Waals surface area contributed by atoms with Gasteiger partial charge in [0.1, 0.15) is 10.7 Å². The van der Waals surface area contributed by atoms with E-state index < -0.39 is 10.0 Å². The smallest absolute Gasteiger partial charge is 0.246 e. The van der Waals surface area contributed by atoms with Gasteiger partial charge in [0, 0.05) is 19.3 Å². The van der Waals surface area contributed by atoms with E-state index in [9.17, 15) is 8.42 Å². The molecule has 1 unspecified atom stereocenters. The summed E-state index contributed by atoms with van der Waals surface area (Å²) in [6.07, 6.45) is 2.06. The van der Waals surface area contributed by atoms with Gasteiger partial charge in [0.2, 0.25) is 10.0 Å². The van der Waals surface area contributed by atoms with Crippen molar-refractivity contribution in [3.63, 3.8) is 0 Å². The number of sulfonamides is 1. The van der Waals surface area contributed by atoms with Crippen LogP contribution in [0.2, 0.25) is 5.02 Å². The molecule has 2 rings (SSSR count). The number of anilines is 1. The molecule has 1 saturated heterocycles. The Morgan fingerprint density at radius 1 is 1.58 bits per heavy atom. The summed E-state index contributed by atoms with van der Waals surface area (Å²) in [5.74, 6) is -0.0363. The predicted octanol–water partition coefficient (Wildman–Crippen LogP) is 0.677. The fourth-order valence-electron chi connectivity index (χ4n) is 2.13. The van der Waals surface area contributed by atoms with Crippen molar-refractivity contribution in [1.82, 2.24) is 9.29 Å². The minimum atomic E-state index is -3.67. The van der Waals surface area contributed by atoms with Gasteiger partial charge >= 0.3 is 0 Å². The van der Waals surface area contributed by atoms with Gasteiger partial charge in [0.15, 0.2) is 0 Å². The minimum absolute atomic E-state index is 0.0363. The largest absolute Gasteiger partial charge is 0.383 e. The molecule has 1 aromatic heterocycles. The third kappa shape index (κ3) is 2.69. The van der Waals surface area contributed by atoms with E-state index in [0.29, 0.717) is 19.6 Å². The highest BCUT2D eigenvalue weighted by molar-refractivity contribution is 7.89. The third-order valence-electron chi connectivity index (χ3n) is 3.48. The highest BCUT2D eigenvalue weighted by Gasteiger charge is 2.39. The highest BCUT2D eigenvalue weighted by Crippen LogP contribution is 2.34. The lowest BCUT2D eigenvalue weighted by atomic mass is 9.90. The Labute approximate surface area is 117 Å². The molecule has 19 heavy (non-hydrogen) atoms. The maximum Gasteiger partial charge on any atom is 0.246 e. The van der Waals surface area contributed by atoms with E-state index in [2.05, 4.69) is 4.98 Å². The Hall–Kier alpha value is -0.890. The van der Waals surface area contributed by atoms with Gasteiger partial charge in [-0.05, 0) is 24.4 Å². The van der Waals surface area contributed by atoms with Gasteiger partial charge in [-0.25, -0.2) is 13.4 Å². The quantitative estimate of drug-likeness (QED) is 0.854. The third-order valence-corrected chi connectivity index (χ3v) is 5.56. The molecule has 0 spiro atoms. The lowest BCUT2D eigenvalue weighted by molar-refractivity contribution is 0.349. The number of halogens is 1. The minimum Gasteiger partial charge on any atom is -0.383 e. The molecule has 4 N–H and O–H groups in total. The summed E-state index contributed by atoms with van der Waals surface area (Å²) < 4.78 is 26.4. The molecule has 1 aromatic rings. The molecule has 0 aromatic carbocycles. The van der Waals surface area contributed by atoms with Crippen molar-refractivity contribution in [2.24, 2.45) is 11.1 Å². The molecular formula is C11H17ClN4O2S. The van der Waals surface area contributed by atoms with Gasteiger partial charge in [-0.2, -0.15) is 4.31 Å². The normalized spacial score (nSPS) is 24.8. The van der Waals surface area contributed by atoms with Crippen LogP contribution in [-0.2, 0) is 10.0 Å². The molecule has 0 aliphatic carbocycles. The summed E-state index contributed by atoms with van der Waals surface area (Å²) in [6, 6.07) is 1.33. The molecule has 0 radical (unpaired) electrons. The number of nitrogen functional groups attached to an aromatic ring is 1. The molecular weight excluding hydrogens is 288 g/mol. The molecule has 0 saturated carbocycles. The van der Waals surface area contributed by atoms with E-state index in [-0.39, 0.29) is 21.2 Å². The molecule has 1 fully saturated rings. The Morgan fingerprint density at radius 2 is 2.26 bits per heavy atom. The fraction of sp³-hybridized carbons (Fsp3) is 0.545. The second kappa shape index (κ2) is 4.90. The average molecular weight is 305 g/mol. The van der Waals surface area contributed by atoms with Gasteiger partial charge in [-0.3, -0.25) is 0 Å². The second-order valence-corrected chi connectivity index (χ2v) is 7.48. The van der Waals surface area contributed by atoms with Crippen molar-refractivity contribution in [3.8, 4) is 0 Å². The second-order valence-electron chi connectivity index (χ2n) is 5.14. The van der Waals surface area contributed by atoms with Crippen LogP contribution in [0.15, 0.2) is 17.2 Å². The van der Waals surface area contributed by atoms with Gasteiger partial charge in [-0.15, -0.1) is 0 Å². The van der Waals surface area contributed by atoms with Crippen molar-refractivity contribution in [1.29, 1.82) is 0 Å². The van der Waals surface area contributed by atoms with E-state index in [1.165, 1.54) is 16.6 Å². The van der Waals surface area contributed by atoms with E-state index in [1.54, 1.807) is 0 Å². The molecule has 0 bridgehead atoms. The van der Waals surface area contributed by atoms with E-state index in [1.807, 2.05) is 6.92 Å². The summed E-state index contributed by atoms with van der Waals surface area (Å²) in [7, 11) is -3.67. The lowest BCUT2D eigenvalue weighted by Gasteiger charge is -2.22. The fourth-order valence-corrected chi connectivity index (χ4v) is 4.03. The maximum absolute atomic E-state index is 12.5. The van der Waals surface area contributed by atoms with Crippen LogP contribution in [0.3, 0.4) is 0 Å². The van der Waals surface area contributed by atoms with Gasteiger partial charge in [-0.1, -0.05) is 18.5 Å². The summed E-state index contributed by atoms with van der Waals surface area (Å²) in [5, 5.41) is 0.244. The number of hydrogen-bond acceptors (Lipinski definition) is 5. The number of nitrogens with two attached hydrogens (primary N) is 2.